The molecule has 0 unspecified atom stereocenters. The summed E-state index contributed by atoms with van der Waals surface area (Å²) in [6.45, 7) is 3.58. The second kappa shape index (κ2) is 8.92. The van der Waals surface area contributed by atoms with Crippen LogP contribution >= 0.6 is 0 Å². The summed E-state index contributed by atoms with van der Waals surface area (Å²) < 4.78 is 6.86. The SMILES string of the molecule is CCOCc1ccc(CNC(=O)c2ccn(-c3ccc([N+](=O)[O-])cc3)n2)cc1. The third kappa shape index (κ3) is 4.80. The Morgan fingerprint density at radius 2 is 1.79 bits per heavy atom. The van der Waals surface area contributed by atoms with Gasteiger partial charge in [0, 0.05) is 31.5 Å². The van der Waals surface area contributed by atoms with E-state index in [-0.39, 0.29) is 17.3 Å². The van der Waals surface area contributed by atoms with Gasteiger partial charge in [-0.15, -0.1) is 0 Å². The standard InChI is InChI=1S/C20H20N4O4/c1-2-28-14-16-5-3-15(4-6-16)13-21-20(25)19-11-12-23(22-19)17-7-9-18(10-8-17)24(26)27/h3-12H,2,13-14H2,1H3,(H,21,25). The minimum absolute atomic E-state index is 0.00106. The summed E-state index contributed by atoms with van der Waals surface area (Å²) >= 11 is 0. The maximum absolute atomic E-state index is 12.3. The van der Waals surface area contributed by atoms with Crippen LogP contribution in [0.25, 0.3) is 5.69 Å². The summed E-state index contributed by atoms with van der Waals surface area (Å²) in [5.41, 5.74) is 2.96. The van der Waals surface area contributed by atoms with Gasteiger partial charge in [0.1, 0.15) is 0 Å². The van der Waals surface area contributed by atoms with Crippen molar-refractivity contribution in [3.8, 4) is 5.69 Å². The lowest BCUT2D eigenvalue weighted by Gasteiger charge is -2.06. The third-order valence-corrected chi connectivity index (χ3v) is 4.10. The van der Waals surface area contributed by atoms with Crippen molar-refractivity contribution in [2.75, 3.05) is 6.61 Å². The molecule has 0 aliphatic heterocycles. The lowest BCUT2D eigenvalue weighted by molar-refractivity contribution is -0.384. The van der Waals surface area contributed by atoms with Gasteiger partial charge < -0.3 is 10.1 Å². The zero-order valence-corrected chi connectivity index (χ0v) is 15.4. The van der Waals surface area contributed by atoms with Crippen molar-refractivity contribution in [3.05, 3.63) is 87.7 Å². The quantitative estimate of drug-likeness (QED) is 0.478. The average Bonchev–Trinajstić information content (AvgIpc) is 3.21. The Balaban J connectivity index is 1.58. The number of hydrogen-bond donors (Lipinski definition) is 1. The molecule has 0 saturated heterocycles. The molecule has 2 aromatic carbocycles. The minimum Gasteiger partial charge on any atom is -0.377 e. The number of ether oxygens (including phenoxy) is 1. The molecule has 3 rings (SSSR count). The van der Waals surface area contributed by atoms with Crippen LogP contribution in [0, 0.1) is 10.1 Å². The Morgan fingerprint density at radius 1 is 1.11 bits per heavy atom. The maximum atomic E-state index is 12.3. The van der Waals surface area contributed by atoms with Crippen molar-refractivity contribution >= 4 is 11.6 Å². The highest BCUT2D eigenvalue weighted by Gasteiger charge is 2.11. The van der Waals surface area contributed by atoms with Crippen LogP contribution in [0.1, 0.15) is 28.5 Å². The molecule has 0 bridgehead atoms. The fraction of sp³-hybridized carbons (Fsp3) is 0.200. The molecule has 0 spiro atoms. The zero-order valence-electron chi connectivity index (χ0n) is 15.4. The van der Waals surface area contributed by atoms with E-state index in [9.17, 15) is 14.9 Å². The number of aromatic nitrogens is 2. The summed E-state index contributed by atoms with van der Waals surface area (Å²) in [6.07, 6.45) is 1.64. The van der Waals surface area contributed by atoms with Gasteiger partial charge in [-0.25, -0.2) is 4.68 Å². The predicted octanol–water partition coefficient (Wildman–Crippen LogP) is 3.25. The third-order valence-electron chi connectivity index (χ3n) is 4.10. The molecule has 1 heterocycles. The largest absolute Gasteiger partial charge is 0.377 e. The van der Waals surface area contributed by atoms with E-state index < -0.39 is 4.92 Å². The normalized spacial score (nSPS) is 10.6. The number of benzene rings is 2. The lowest BCUT2D eigenvalue weighted by atomic mass is 10.1. The first kappa shape index (κ1) is 19.2. The monoisotopic (exact) mass is 380 g/mol. The van der Waals surface area contributed by atoms with Crippen molar-refractivity contribution in [2.45, 2.75) is 20.1 Å². The first-order chi connectivity index (χ1) is 13.6. The van der Waals surface area contributed by atoms with Gasteiger partial charge in [-0.2, -0.15) is 5.10 Å². The van der Waals surface area contributed by atoms with Crippen molar-refractivity contribution in [3.63, 3.8) is 0 Å². The van der Waals surface area contributed by atoms with Crippen molar-refractivity contribution in [1.82, 2.24) is 15.1 Å². The first-order valence-corrected chi connectivity index (χ1v) is 8.81. The van der Waals surface area contributed by atoms with Crippen LogP contribution < -0.4 is 5.32 Å². The fourth-order valence-electron chi connectivity index (χ4n) is 2.56. The maximum Gasteiger partial charge on any atom is 0.272 e. The Labute approximate surface area is 161 Å². The molecule has 0 aliphatic carbocycles. The fourth-order valence-corrected chi connectivity index (χ4v) is 2.56. The van der Waals surface area contributed by atoms with Crippen LogP contribution in [-0.4, -0.2) is 27.2 Å². The molecule has 0 radical (unpaired) electrons. The van der Waals surface area contributed by atoms with Gasteiger partial charge in [0.25, 0.3) is 11.6 Å². The molecule has 1 aromatic heterocycles. The number of carbonyl (C=O) groups is 1. The van der Waals surface area contributed by atoms with E-state index in [0.29, 0.717) is 25.4 Å². The van der Waals surface area contributed by atoms with E-state index in [0.717, 1.165) is 11.1 Å². The van der Waals surface area contributed by atoms with Crippen LogP contribution in [0.15, 0.2) is 60.8 Å². The van der Waals surface area contributed by atoms with Gasteiger partial charge in [0.15, 0.2) is 5.69 Å². The van der Waals surface area contributed by atoms with Crippen molar-refractivity contribution in [1.29, 1.82) is 0 Å². The van der Waals surface area contributed by atoms with Gasteiger partial charge in [-0.05, 0) is 36.2 Å². The highest BCUT2D eigenvalue weighted by atomic mass is 16.6. The topological polar surface area (TPSA) is 99.3 Å². The number of hydrogen-bond acceptors (Lipinski definition) is 5. The second-order valence-electron chi connectivity index (χ2n) is 6.06. The second-order valence-corrected chi connectivity index (χ2v) is 6.06. The van der Waals surface area contributed by atoms with Gasteiger partial charge in [-0.3, -0.25) is 14.9 Å². The highest BCUT2D eigenvalue weighted by Crippen LogP contribution is 2.15. The van der Waals surface area contributed by atoms with E-state index in [2.05, 4.69) is 10.4 Å². The molecule has 1 N–H and O–H groups in total. The predicted molar refractivity (Wildman–Crippen MR) is 103 cm³/mol. The molecule has 28 heavy (non-hydrogen) atoms. The summed E-state index contributed by atoms with van der Waals surface area (Å²) in [5.74, 6) is -0.293. The average molecular weight is 380 g/mol. The van der Waals surface area contributed by atoms with Gasteiger partial charge >= 0.3 is 0 Å². The van der Waals surface area contributed by atoms with E-state index in [1.54, 1.807) is 24.4 Å². The minimum atomic E-state index is -0.463. The molecule has 144 valence electrons. The number of nitro groups is 1. The summed E-state index contributed by atoms with van der Waals surface area (Å²) in [4.78, 5) is 22.6. The van der Waals surface area contributed by atoms with E-state index in [1.807, 2.05) is 31.2 Å². The summed E-state index contributed by atoms with van der Waals surface area (Å²) in [7, 11) is 0. The molecule has 3 aromatic rings. The molecule has 8 nitrogen and oxygen atoms in total. The van der Waals surface area contributed by atoms with E-state index >= 15 is 0 Å². The smallest absolute Gasteiger partial charge is 0.272 e. The Morgan fingerprint density at radius 3 is 2.43 bits per heavy atom. The zero-order chi connectivity index (χ0) is 19.9. The van der Waals surface area contributed by atoms with Crippen molar-refractivity contribution in [2.24, 2.45) is 0 Å². The summed E-state index contributed by atoms with van der Waals surface area (Å²) in [5, 5.41) is 17.8. The molecule has 0 atom stereocenters. The Kier molecular flexibility index (Phi) is 6.13. The summed E-state index contributed by atoms with van der Waals surface area (Å²) in [6, 6.07) is 15.4. The number of carbonyl (C=O) groups excluding carboxylic acids is 1. The van der Waals surface area contributed by atoms with Crippen LogP contribution in [-0.2, 0) is 17.9 Å². The number of nitro benzene ring substituents is 1. The van der Waals surface area contributed by atoms with Crippen LogP contribution in [0.5, 0.6) is 0 Å². The molecule has 0 saturated carbocycles. The van der Waals surface area contributed by atoms with Crippen LogP contribution in [0.2, 0.25) is 0 Å². The molecular formula is C20H20N4O4. The number of nitrogens with zero attached hydrogens (tertiary/aromatic N) is 3. The number of nitrogens with one attached hydrogen (secondary N) is 1. The number of non-ortho nitro benzene ring substituents is 1. The molecule has 0 fully saturated rings. The number of amides is 1. The van der Waals surface area contributed by atoms with Crippen LogP contribution in [0.4, 0.5) is 5.69 Å². The molecule has 0 aliphatic rings. The van der Waals surface area contributed by atoms with Gasteiger partial charge in [0.2, 0.25) is 0 Å². The van der Waals surface area contributed by atoms with E-state index in [4.69, 9.17) is 4.74 Å². The van der Waals surface area contributed by atoms with Gasteiger partial charge in [0.05, 0.1) is 17.2 Å². The van der Waals surface area contributed by atoms with E-state index in [1.165, 1.54) is 16.8 Å². The van der Waals surface area contributed by atoms with Gasteiger partial charge in [-0.1, -0.05) is 24.3 Å². The molecular weight excluding hydrogens is 360 g/mol. The Hall–Kier alpha value is -3.52. The lowest BCUT2D eigenvalue weighted by Crippen LogP contribution is -2.23. The Bertz CT molecular complexity index is 949. The van der Waals surface area contributed by atoms with Crippen molar-refractivity contribution < 1.29 is 14.5 Å². The number of rotatable bonds is 8. The first-order valence-electron chi connectivity index (χ1n) is 8.81. The van der Waals surface area contributed by atoms with Crippen LogP contribution in [0.3, 0.4) is 0 Å². The molecule has 1 amide bonds. The highest BCUT2D eigenvalue weighted by molar-refractivity contribution is 5.92. The molecule has 8 heteroatoms.